The second kappa shape index (κ2) is 8.31. The zero-order valence-corrected chi connectivity index (χ0v) is 15.9. The molecule has 0 spiro atoms. The number of aryl methyl sites for hydroxylation is 1. The molecule has 1 fully saturated rings. The molecule has 0 radical (unpaired) electrons. The van der Waals surface area contributed by atoms with E-state index in [4.69, 9.17) is 4.74 Å². The summed E-state index contributed by atoms with van der Waals surface area (Å²) in [5.41, 5.74) is 2.28. The molecule has 0 aliphatic carbocycles. The van der Waals surface area contributed by atoms with Gasteiger partial charge < -0.3 is 15.0 Å². The molecule has 0 bridgehead atoms. The second-order valence-corrected chi connectivity index (χ2v) is 7.06. The number of amides is 1. The van der Waals surface area contributed by atoms with Gasteiger partial charge in [-0.25, -0.2) is 4.98 Å². The number of hydrogen-bond donors (Lipinski definition) is 1. The lowest BCUT2D eigenvalue weighted by Gasteiger charge is -2.36. The first-order valence-electron chi connectivity index (χ1n) is 9.17. The average molecular weight is 367 g/mol. The van der Waals surface area contributed by atoms with E-state index in [1.54, 1.807) is 18.3 Å². The zero-order chi connectivity index (χ0) is 19.4. The molecule has 1 aliphatic rings. The highest BCUT2D eigenvalue weighted by Gasteiger charge is 2.23. The van der Waals surface area contributed by atoms with Crippen molar-refractivity contribution in [2.75, 3.05) is 18.0 Å². The molecule has 0 unspecified atom stereocenters. The quantitative estimate of drug-likeness (QED) is 0.649. The minimum Gasteiger partial charge on any atom is -0.372 e. The molecule has 1 aromatic carbocycles. The van der Waals surface area contributed by atoms with Crippen LogP contribution < -0.4 is 10.2 Å². The van der Waals surface area contributed by atoms with Gasteiger partial charge in [0.2, 0.25) is 5.78 Å². The summed E-state index contributed by atoms with van der Waals surface area (Å²) in [4.78, 5) is 30.9. The van der Waals surface area contributed by atoms with E-state index in [1.807, 2.05) is 31.2 Å². The Bertz CT molecular complexity index is 792. The molecular weight excluding hydrogens is 342 g/mol. The lowest BCUT2D eigenvalue weighted by Crippen LogP contribution is -2.45. The van der Waals surface area contributed by atoms with Gasteiger partial charge in [0.25, 0.3) is 5.91 Å². The van der Waals surface area contributed by atoms with Crippen molar-refractivity contribution < 1.29 is 14.3 Å². The third-order valence-corrected chi connectivity index (χ3v) is 4.53. The van der Waals surface area contributed by atoms with Crippen LogP contribution in [0.2, 0.25) is 0 Å². The smallest absolute Gasteiger partial charge is 0.292 e. The van der Waals surface area contributed by atoms with Crippen LogP contribution in [0.1, 0.15) is 35.3 Å². The van der Waals surface area contributed by atoms with Gasteiger partial charge in [0.15, 0.2) is 0 Å². The Labute approximate surface area is 159 Å². The Morgan fingerprint density at radius 2 is 1.78 bits per heavy atom. The van der Waals surface area contributed by atoms with E-state index in [1.165, 1.54) is 0 Å². The SMILES string of the molecule is Cc1ccc(C(=O)C(=O)NCc2ccc(N3C[C@H](C)O[C@@H](C)C3)nc2)cc1. The summed E-state index contributed by atoms with van der Waals surface area (Å²) in [7, 11) is 0. The molecule has 2 atom stereocenters. The first kappa shape index (κ1) is 19.0. The lowest BCUT2D eigenvalue weighted by atomic mass is 10.1. The van der Waals surface area contributed by atoms with Crippen molar-refractivity contribution in [1.82, 2.24) is 10.3 Å². The minimum absolute atomic E-state index is 0.169. The van der Waals surface area contributed by atoms with Crippen LogP contribution in [0.25, 0.3) is 0 Å². The van der Waals surface area contributed by atoms with Crippen molar-refractivity contribution in [3.8, 4) is 0 Å². The van der Waals surface area contributed by atoms with Crippen LogP contribution in [0.4, 0.5) is 5.82 Å². The van der Waals surface area contributed by atoms with E-state index in [-0.39, 0.29) is 18.8 Å². The van der Waals surface area contributed by atoms with Crippen LogP contribution in [-0.2, 0) is 16.1 Å². The zero-order valence-electron chi connectivity index (χ0n) is 15.9. The molecule has 1 aliphatic heterocycles. The number of morpholine rings is 1. The lowest BCUT2D eigenvalue weighted by molar-refractivity contribution is -0.117. The van der Waals surface area contributed by atoms with Crippen LogP contribution >= 0.6 is 0 Å². The number of Topliss-reactive ketones (excluding diaryl/α,β-unsaturated/α-hetero) is 1. The van der Waals surface area contributed by atoms with Crippen LogP contribution in [0, 0.1) is 6.92 Å². The summed E-state index contributed by atoms with van der Waals surface area (Å²) >= 11 is 0. The van der Waals surface area contributed by atoms with Gasteiger partial charge >= 0.3 is 0 Å². The van der Waals surface area contributed by atoms with Gasteiger partial charge in [0, 0.05) is 31.4 Å². The van der Waals surface area contributed by atoms with Gasteiger partial charge in [0.05, 0.1) is 12.2 Å². The first-order valence-corrected chi connectivity index (χ1v) is 9.17. The Morgan fingerprint density at radius 1 is 1.11 bits per heavy atom. The maximum absolute atomic E-state index is 12.2. The van der Waals surface area contributed by atoms with E-state index < -0.39 is 11.7 Å². The summed E-state index contributed by atoms with van der Waals surface area (Å²) in [5.74, 6) is -0.252. The van der Waals surface area contributed by atoms with Gasteiger partial charge in [-0.3, -0.25) is 9.59 Å². The minimum atomic E-state index is -0.612. The molecule has 2 heterocycles. The monoisotopic (exact) mass is 367 g/mol. The predicted molar refractivity (Wildman–Crippen MR) is 104 cm³/mol. The molecular formula is C21H25N3O3. The average Bonchev–Trinajstić information content (AvgIpc) is 2.66. The Hall–Kier alpha value is -2.73. The van der Waals surface area contributed by atoms with E-state index >= 15 is 0 Å². The number of benzene rings is 1. The summed E-state index contributed by atoms with van der Waals surface area (Å²) in [6.07, 6.45) is 2.07. The maximum Gasteiger partial charge on any atom is 0.292 e. The highest BCUT2D eigenvalue weighted by Crippen LogP contribution is 2.18. The molecule has 142 valence electrons. The number of carbonyl (C=O) groups is 2. The normalized spacial score (nSPS) is 19.6. The number of nitrogens with zero attached hydrogens (tertiary/aromatic N) is 2. The molecule has 0 saturated carbocycles. The van der Waals surface area contributed by atoms with Crippen LogP contribution in [-0.4, -0.2) is 42.0 Å². The van der Waals surface area contributed by atoms with Gasteiger partial charge in [-0.05, 0) is 32.4 Å². The van der Waals surface area contributed by atoms with E-state index in [0.717, 1.165) is 30.0 Å². The number of rotatable bonds is 5. The third-order valence-electron chi connectivity index (χ3n) is 4.53. The number of hydrogen-bond acceptors (Lipinski definition) is 5. The number of anilines is 1. The number of pyridine rings is 1. The molecule has 6 heteroatoms. The fraction of sp³-hybridized carbons (Fsp3) is 0.381. The van der Waals surface area contributed by atoms with Crippen molar-refractivity contribution in [2.24, 2.45) is 0 Å². The largest absolute Gasteiger partial charge is 0.372 e. The van der Waals surface area contributed by atoms with Crippen molar-refractivity contribution in [3.05, 3.63) is 59.3 Å². The third kappa shape index (κ3) is 4.92. The number of ketones is 1. The highest BCUT2D eigenvalue weighted by molar-refractivity contribution is 6.42. The number of carbonyl (C=O) groups excluding carboxylic acids is 2. The molecule has 6 nitrogen and oxygen atoms in total. The van der Waals surface area contributed by atoms with Crippen LogP contribution in [0.3, 0.4) is 0 Å². The Morgan fingerprint density at radius 3 is 2.37 bits per heavy atom. The van der Waals surface area contributed by atoms with Gasteiger partial charge in [-0.15, -0.1) is 0 Å². The van der Waals surface area contributed by atoms with Crippen molar-refractivity contribution in [3.63, 3.8) is 0 Å². The van der Waals surface area contributed by atoms with Crippen molar-refractivity contribution >= 4 is 17.5 Å². The fourth-order valence-electron chi connectivity index (χ4n) is 3.17. The topological polar surface area (TPSA) is 71.5 Å². The molecule has 3 rings (SSSR count). The van der Waals surface area contributed by atoms with E-state index in [2.05, 4.69) is 29.0 Å². The predicted octanol–water partition coefficient (Wildman–Crippen LogP) is 2.50. The number of aromatic nitrogens is 1. The number of ether oxygens (including phenoxy) is 1. The number of nitrogens with one attached hydrogen (secondary N) is 1. The molecule has 27 heavy (non-hydrogen) atoms. The molecule has 1 amide bonds. The first-order chi connectivity index (χ1) is 12.9. The fourth-order valence-corrected chi connectivity index (χ4v) is 3.17. The van der Waals surface area contributed by atoms with E-state index in [9.17, 15) is 9.59 Å². The molecule has 2 aromatic rings. The standard InChI is InChI=1S/C21H25N3O3/c1-14-4-7-18(8-5-14)20(25)21(26)23-11-17-6-9-19(22-10-17)24-12-15(2)27-16(3)13-24/h4-10,15-16H,11-13H2,1-3H3,(H,23,26)/t15-,16-/m0/s1. The van der Waals surface area contributed by atoms with Gasteiger partial charge in [0.1, 0.15) is 5.82 Å². The summed E-state index contributed by atoms with van der Waals surface area (Å²) in [6.45, 7) is 7.91. The summed E-state index contributed by atoms with van der Waals surface area (Å²) < 4.78 is 5.74. The van der Waals surface area contributed by atoms with Crippen molar-refractivity contribution in [2.45, 2.75) is 39.5 Å². The Kier molecular flexibility index (Phi) is 5.86. The molecule has 1 aromatic heterocycles. The highest BCUT2D eigenvalue weighted by atomic mass is 16.5. The van der Waals surface area contributed by atoms with Gasteiger partial charge in [-0.1, -0.05) is 35.9 Å². The summed E-state index contributed by atoms with van der Waals surface area (Å²) in [5, 5.41) is 2.66. The maximum atomic E-state index is 12.2. The molecule has 1 N–H and O–H groups in total. The van der Waals surface area contributed by atoms with Crippen molar-refractivity contribution in [1.29, 1.82) is 0 Å². The van der Waals surface area contributed by atoms with Crippen LogP contribution in [0.5, 0.6) is 0 Å². The Balaban J connectivity index is 1.56. The van der Waals surface area contributed by atoms with Gasteiger partial charge in [-0.2, -0.15) is 0 Å². The summed E-state index contributed by atoms with van der Waals surface area (Å²) in [6, 6.07) is 10.8. The molecule has 1 saturated heterocycles. The second-order valence-electron chi connectivity index (χ2n) is 7.06. The van der Waals surface area contributed by atoms with Crippen LogP contribution in [0.15, 0.2) is 42.6 Å². The van der Waals surface area contributed by atoms with E-state index in [0.29, 0.717) is 5.56 Å².